The largest absolute Gasteiger partial charge is 2.00 e. The van der Waals surface area contributed by atoms with Crippen LogP contribution in [0.15, 0.2) is 0 Å². The topological polar surface area (TPSA) is 12.0 Å². The van der Waals surface area contributed by atoms with Crippen LogP contribution < -0.4 is 5.32 Å². The van der Waals surface area contributed by atoms with E-state index in [-0.39, 0.29) is 21.1 Å². The average molecular weight is 347 g/mol. The molecule has 0 saturated carbocycles. The third kappa shape index (κ3) is 5.22. The van der Waals surface area contributed by atoms with Gasteiger partial charge in [0, 0.05) is 0 Å². The molecule has 0 aromatic carbocycles. The van der Waals surface area contributed by atoms with Crippen molar-refractivity contribution in [2.24, 2.45) is 17.8 Å². The second kappa shape index (κ2) is 7.06. The van der Waals surface area contributed by atoms with Gasteiger partial charge in [0.1, 0.15) is 0 Å². The maximum absolute atomic E-state index is 5.46. The molecule has 3 heteroatoms. The summed E-state index contributed by atoms with van der Waals surface area (Å²) < 4.78 is 0. The Morgan fingerprint density at radius 1 is 1.62 bits per heavy atom. The van der Waals surface area contributed by atoms with Crippen molar-refractivity contribution in [1.29, 1.82) is 0 Å². The van der Waals surface area contributed by atoms with Crippen molar-refractivity contribution in [3.05, 3.63) is 12.7 Å². The van der Waals surface area contributed by atoms with Crippen LogP contribution in [0.5, 0.6) is 0 Å². The van der Waals surface area contributed by atoms with Gasteiger partial charge in [-0.05, 0) is 13.1 Å². The third-order valence-corrected chi connectivity index (χ3v) is 2.48. The molecule has 1 aliphatic rings. The smallest absolute Gasteiger partial charge is 0.365 e. The molecule has 1 nitrogen and oxygen atoms in total. The first kappa shape index (κ1) is 13.7. The normalized spacial score (nSPS) is 30.6. The molecule has 1 N–H and O–H groups in total. The fourth-order valence-corrected chi connectivity index (χ4v) is 1.82. The molecule has 1 heterocycles. The maximum atomic E-state index is 5.46. The fourth-order valence-electron chi connectivity index (χ4n) is 1.82. The van der Waals surface area contributed by atoms with Crippen molar-refractivity contribution < 1.29 is 21.1 Å². The molecule has 1 rings (SSSR count). The predicted octanol–water partition coefficient (Wildman–Crippen LogP) is 1.40. The van der Waals surface area contributed by atoms with E-state index in [2.05, 4.69) is 25.6 Å². The molecule has 3 atom stereocenters. The third-order valence-electron chi connectivity index (χ3n) is 2.48. The number of piperidine rings is 1. The molecule has 0 aliphatic carbocycles. The summed E-state index contributed by atoms with van der Waals surface area (Å²) in [6.07, 6.45) is 5.44. The summed E-state index contributed by atoms with van der Waals surface area (Å²) in [6.45, 7) is 6.70. The standard InChI is InChI=1S/C10H18BN.W/c1-8(5-11)3-10-4-9(2)6-12-7-10;/h4-5,8-10,12H,3,6-7H2,1-2H3;/q-2;+2. The van der Waals surface area contributed by atoms with Gasteiger partial charge in [-0.25, -0.2) is 0 Å². The zero-order valence-corrected chi connectivity index (χ0v) is 11.4. The first-order chi connectivity index (χ1) is 5.72. The zero-order chi connectivity index (χ0) is 8.97. The van der Waals surface area contributed by atoms with Crippen LogP contribution in [0.4, 0.5) is 0 Å². The van der Waals surface area contributed by atoms with Crippen LogP contribution in [0.3, 0.4) is 0 Å². The molecule has 2 radical (unpaired) electrons. The van der Waals surface area contributed by atoms with Crippen LogP contribution in [0, 0.1) is 30.5 Å². The van der Waals surface area contributed by atoms with Crippen LogP contribution in [-0.4, -0.2) is 20.9 Å². The van der Waals surface area contributed by atoms with E-state index in [1.807, 2.05) is 0 Å². The summed E-state index contributed by atoms with van der Waals surface area (Å²) in [5, 5.41) is 3.43. The second-order valence-corrected chi connectivity index (χ2v) is 3.99. The Labute approximate surface area is 98.1 Å². The van der Waals surface area contributed by atoms with Crippen molar-refractivity contribution in [2.75, 3.05) is 13.1 Å². The van der Waals surface area contributed by atoms with Crippen molar-refractivity contribution in [2.45, 2.75) is 20.3 Å². The van der Waals surface area contributed by atoms with Gasteiger partial charge in [-0.3, -0.25) is 0 Å². The van der Waals surface area contributed by atoms with E-state index in [1.165, 1.54) is 6.42 Å². The number of nitrogens with one attached hydrogen (secondary N) is 1. The minimum Gasteiger partial charge on any atom is -0.365 e. The van der Waals surface area contributed by atoms with Gasteiger partial charge in [-0.1, -0.05) is 13.8 Å². The van der Waals surface area contributed by atoms with E-state index in [9.17, 15) is 0 Å². The summed E-state index contributed by atoms with van der Waals surface area (Å²) in [4.78, 5) is 0. The van der Waals surface area contributed by atoms with Gasteiger partial charge in [0.2, 0.25) is 0 Å². The van der Waals surface area contributed by atoms with Crippen molar-refractivity contribution in [3.8, 4) is 0 Å². The van der Waals surface area contributed by atoms with Gasteiger partial charge in [0.05, 0.1) is 0 Å². The quantitative estimate of drug-likeness (QED) is 0.601. The van der Waals surface area contributed by atoms with Crippen molar-refractivity contribution >= 4 is 7.85 Å². The van der Waals surface area contributed by atoms with Crippen molar-refractivity contribution in [1.82, 2.24) is 5.32 Å². The maximum Gasteiger partial charge on any atom is 2.00 e. The van der Waals surface area contributed by atoms with E-state index in [1.54, 1.807) is 6.32 Å². The molecular formula is C10H18BNW. The van der Waals surface area contributed by atoms with Crippen LogP contribution >= 0.6 is 0 Å². The average Bonchev–Trinajstić information content (AvgIpc) is 2.04. The minimum atomic E-state index is 0. The van der Waals surface area contributed by atoms with Crippen LogP contribution in [0.25, 0.3) is 0 Å². The Morgan fingerprint density at radius 3 is 2.85 bits per heavy atom. The van der Waals surface area contributed by atoms with Gasteiger partial charge in [0.15, 0.2) is 0 Å². The van der Waals surface area contributed by atoms with E-state index in [0.29, 0.717) is 17.8 Å². The summed E-state index contributed by atoms with van der Waals surface area (Å²) in [5.74, 6) is 1.97. The van der Waals surface area contributed by atoms with Crippen LogP contribution in [0.2, 0.25) is 0 Å². The summed E-state index contributed by atoms with van der Waals surface area (Å²) >= 11 is 0. The van der Waals surface area contributed by atoms with Gasteiger partial charge < -0.3 is 18.1 Å². The number of hydrogen-bond acceptors (Lipinski definition) is 1. The van der Waals surface area contributed by atoms with Crippen LogP contribution in [0.1, 0.15) is 20.3 Å². The van der Waals surface area contributed by atoms with Gasteiger partial charge >= 0.3 is 21.1 Å². The SMILES string of the molecule is [B][CH-]C(C)CC1[CH-]C(C)CNC1.[W+2]. The molecule has 13 heavy (non-hydrogen) atoms. The summed E-state index contributed by atoms with van der Waals surface area (Å²) in [6, 6.07) is 0. The fraction of sp³-hybridized carbons (Fsp3) is 0.800. The Bertz CT molecular complexity index is 132. The summed E-state index contributed by atoms with van der Waals surface area (Å²) in [5.41, 5.74) is 0. The first-order valence-corrected chi connectivity index (χ1v) is 4.83. The first-order valence-electron chi connectivity index (χ1n) is 4.83. The Kier molecular flexibility index (Phi) is 7.45. The molecule has 0 aromatic heterocycles. The minimum absolute atomic E-state index is 0. The van der Waals surface area contributed by atoms with E-state index >= 15 is 0 Å². The predicted molar refractivity (Wildman–Crippen MR) is 53.7 cm³/mol. The number of rotatable bonds is 3. The number of hydrogen-bond donors (Lipinski definition) is 1. The molecule has 3 unspecified atom stereocenters. The second-order valence-electron chi connectivity index (χ2n) is 3.99. The van der Waals surface area contributed by atoms with Crippen LogP contribution in [-0.2, 0) is 21.1 Å². The van der Waals surface area contributed by atoms with E-state index in [4.69, 9.17) is 7.85 Å². The Balaban J connectivity index is 0.00000144. The zero-order valence-electron chi connectivity index (χ0n) is 8.49. The van der Waals surface area contributed by atoms with Gasteiger partial charge in [-0.2, -0.15) is 25.6 Å². The molecule has 0 aromatic rings. The Hall–Kier alpha value is 0.713. The molecule has 0 bridgehead atoms. The van der Waals surface area contributed by atoms with E-state index < -0.39 is 0 Å². The van der Waals surface area contributed by atoms with Gasteiger partial charge in [-0.15, -0.1) is 6.42 Å². The molecule has 1 fully saturated rings. The molecule has 0 spiro atoms. The molecule has 72 valence electrons. The Morgan fingerprint density at radius 2 is 2.31 bits per heavy atom. The monoisotopic (exact) mass is 347 g/mol. The molecule has 1 aliphatic heterocycles. The van der Waals surface area contributed by atoms with Gasteiger partial charge in [0.25, 0.3) is 0 Å². The molecule has 1 saturated heterocycles. The van der Waals surface area contributed by atoms with Crippen molar-refractivity contribution in [3.63, 3.8) is 0 Å². The molecule has 0 amide bonds. The van der Waals surface area contributed by atoms with E-state index in [0.717, 1.165) is 13.1 Å². The molecular weight excluding hydrogens is 329 g/mol. The summed E-state index contributed by atoms with van der Waals surface area (Å²) in [7, 11) is 5.46.